The highest BCUT2D eigenvalue weighted by Gasteiger charge is 2.20. The van der Waals surface area contributed by atoms with E-state index in [1.807, 2.05) is 0 Å². The molecule has 1 aromatic heterocycles. The number of nitrogens with one attached hydrogen (secondary N) is 1. The van der Waals surface area contributed by atoms with Crippen LogP contribution in [0.2, 0.25) is 5.02 Å². The number of phenolic OH excluding ortho intramolecular Hbond substituents is 1. The lowest BCUT2D eigenvalue weighted by Gasteiger charge is -2.12. The summed E-state index contributed by atoms with van der Waals surface area (Å²) in [7, 11) is 0. The minimum atomic E-state index is -0.346. The second-order valence-electron chi connectivity index (χ2n) is 5.12. The van der Waals surface area contributed by atoms with E-state index in [1.54, 1.807) is 12.1 Å². The molecule has 1 fully saturated rings. The lowest BCUT2D eigenvalue weighted by Crippen LogP contribution is -2.17. The summed E-state index contributed by atoms with van der Waals surface area (Å²) >= 11 is 6.13. The van der Waals surface area contributed by atoms with Gasteiger partial charge in [-0.3, -0.25) is 4.79 Å². The molecule has 1 amide bonds. The fraction of sp³-hybridized carbons (Fsp3) is 0.250. The molecule has 1 saturated heterocycles. The van der Waals surface area contributed by atoms with Crippen LogP contribution in [0.1, 0.15) is 16.8 Å². The first-order valence-corrected chi connectivity index (χ1v) is 7.50. The highest BCUT2D eigenvalue weighted by molar-refractivity contribution is 6.32. The molecule has 0 radical (unpaired) electrons. The van der Waals surface area contributed by atoms with Crippen molar-refractivity contribution in [2.24, 2.45) is 0 Å². The van der Waals surface area contributed by atoms with E-state index >= 15 is 0 Å². The third kappa shape index (κ3) is 3.91. The number of hydrogen-bond acceptors (Lipinski definition) is 5. The van der Waals surface area contributed by atoms with Crippen LogP contribution in [0.3, 0.4) is 0 Å². The van der Waals surface area contributed by atoms with Gasteiger partial charge in [0.15, 0.2) is 0 Å². The number of nitrogens with zero attached hydrogens (tertiary/aromatic N) is 1. The predicted octanol–water partition coefficient (Wildman–Crippen LogP) is 2.86. The van der Waals surface area contributed by atoms with Crippen LogP contribution in [0.5, 0.6) is 11.6 Å². The molecule has 3 rings (SSSR count). The van der Waals surface area contributed by atoms with Gasteiger partial charge in [-0.2, -0.15) is 0 Å². The molecule has 0 spiro atoms. The van der Waals surface area contributed by atoms with Gasteiger partial charge in [0.2, 0.25) is 5.88 Å². The number of aromatic hydroxyl groups is 1. The predicted molar refractivity (Wildman–Crippen MR) is 85.2 cm³/mol. The molecule has 2 aromatic rings. The summed E-state index contributed by atoms with van der Waals surface area (Å²) in [5.41, 5.74) is 0.880. The Morgan fingerprint density at radius 3 is 2.83 bits per heavy atom. The molecule has 7 heteroatoms. The minimum absolute atomic E-state index is 0.0586. The van der Waals surface area contributed by atoms with Gasteiger partial charge in [0.1, 0.15) is 16.9 Å². The van der Waals surface area contributed by atoms with Crippen LogP contribution in [0.4, 0.5) is 5.69 Å². The van der Waals surface area contributed by atoms with E-state index in [0.717, 1.165) is 6.42 Å². The summed E-state index contributed by atoms with van der Waals surface area (Å²) in [6.45, 7) is 1.18. The second-order valence-corrected chi connectivity index (χ2v) is 5.52. The Morgan fingerprint density at radius 2 is 2.17 bits per heavy atom. The number of phenols is 1. The summed E-state index contributed by atoms with van der Waals surface area (Å²) in [6, 6.07) is 7.68. The van der Waals surface area contributed by atoms with Crippen LogP contribution < -0.4 is 10.1 Å². The smallest absolute Gasteiger partial charge is 0.257 e. The highest BCUT2D eigenvalue weighted by atomic mass is 35.5. The number of anilines is 1. The number of ether oxygens (including phenoxy) is 2. The van der Waals surface area contributed by atoms with Gasteiger partial charge >= 0.3 is 0 Å². The fourth-order valence-electron chi connectivity index (χ4n) is 2.15. The number of halogens is 1. The summed E-state index contributed by atoms with van der Waals surface area (Å²) in [5.74, 6) is 0.0780. The number of amides is 1. The van der Waals surface area contributed by atoms with Crippen LogP contribution in [0, 0.1) is 0 Å². The van der Waals surface area contributed by atoms with Crippen molar-refractivity contribution in [2.75, 3.05) is 18.5 Å². The van der Waals surface area contributed by atoms with Gasteiger partial charge in [-0.25, -0.2) is 4.98 Å². The zero-order valence-corrected chi connectivity index (χ0v) is 12.9. The maximum atomic E-state index is 12.2. The first-order valence-electron chi connectivity index (χ1n) is 7.12. The number of pyridine rings is 1. The number of carbonyl (C=O) groups is 1. The molecule has 1 unspecified atom stereocenters. The summed E-state index contributed by atoms with van der Waals surface area (Å²) in [4.78, 5) is 16.3. The van der Waals surface area contributed by atoms with E-state index in [0.29, 0.717) is 30.3 Å². The van der Waals surface area contributed by atoms with E-state index in [2.05, 4.69) is 10.3 Å². The van der Waals surface area contributed by atoms with E-state index < -0.39 is 0 Å². The number of hydrogen-bond donors (Lipinski definition) is 2. The Hall–Kier alpha value is -2.31. The number of benzene rings is 1. The van der Waals surface area contributed by atoms with Gasteiger partial charge in [-0.05, 0) is 30.3 Å². The van der Waals surface area contributed by atoms with Gasteiger partial charge in [-0.1, -0.05) is 11.6 Å². The van der Waals surface area contributed by atoms with Crippen LogP contribution >= 0.6 is 11.6 Å². The Morgan fingerprint density at radius 1 is 1.39 bits per heavy atom. The second kappa shape index (κ2) is 6.85. The van der Waals surface area contributed by atoms with Crippen molar-refractivity contribution in [1.82, 2.24) is 4.98 Å². The van der Waals surface area contributed by atoms with Crippen molar-refractivity contribution >= 4 is 23.2 Å². The Labute approximate surface area is 138 Å². The molecule has 2 N–H and O–H groups in total. The monoisotopic (exact) mass is 334 g/mol. The average Bonchev–Trinajstić information content (AvgIpc) is 3.04. The zero-order chi connectivity index (χ0) is 16.2. The van der Waals surface area contributed by atoms with Crippen LogP contribution in [-0.2, 0) is 4.74 Å². The first kappa shape index (κ1) is 15.6. The lowest BCUT2D eigenvalue weighted by molar-refractivity contribution is 0.102. The van der Waals surface area contributed by atoms with Crippen molar-refractivity contribution in [3.8, 4) is 11.6 Å². The molecule has 1 atom stereocenters. The quantitative estimate of drug-likeness (QED) is 0.840. The Kier molecular flexibility index (Phi) is 4.64. The molecule has 0 saturated carbocycles. The summed E-state index contributed by atoms with van der Waals surface area (Å²) < 4.78 is 10.9. The molecule has 1 aliphatic heterocycles. The average molecular weight is 335 g/mol. The molecule has 23 heavy (non-hydrogen) atoms. The number of aromatic nitrogens is 1. The van der Waals surface area contributed by atoms with E-state index in [1.165, 1.54) is 24.4 Å². The Balaban J connectivity index is 1.68. The van der Waals surface area contributed by atoms with Crippen molar-refractivity contribution in [2.45, 2.75) is 12.5 Å². The summed E-state index contributed by atoms with van der Waals surface area (Å²) in [6.07, 6.45) is 2.14. The fourth-order valence-corrected chi connectivity index (χ4v) is 2.36. The maximum Gasteiger partial charge on any atom is 0.257 e. The van der Waals surface area contributed by atoms with Gasteiger partial charge in [0.25, 0.3) is 5.91 Å². The number of rotatable bonds is 4. The van der Waals surface area contributed by atoms with Crippen LogP contribution in [0.15, 0.2) is 36.5 Å². The standard InChI is InChI=1S/C16H15ClN2O4/c17-14-7-10(8-18-16(14)23-13-5-6-22-9-13)15(21)19-11-1-3-12(20)4-2-11/h1-4,7-8,13,20H,5-6,9H2,(H,19,21). The van der Waals surface area contributed by atoms with Crippen LogP contribution in [0.25, 0.3) is 0 Å². The van der Waals surface area contributed by atoms with Crippen molar-refractivity contribution in [1.29, 1.82) is 0 Å². The largest absolute Gasteiger partial charge is 0.508 e. The molecular formula is C16H15ClN2O4. The van der Waals surface area contributed by atoms with E-state index in [9.17, 15) is 9.90 Å². The molecule has 1 aliphatic rings. The summed E-state index contributed by atoms with van der Waals surface area (Å²) in [5, 5.41) is 12.2. The van der Waals surface area contributed by atoms with Crippen LogP contribution in [-0.4, -0.2) is 35.3 Å². The van der Waals surface area contributed by atoms with Gasteiger partial charge in [0.05, 0.1) is 18.8 Å². The number of carbonyl (C=O) groups excluding carboxylic acids is 1. The molecule has 0 bridgehead atoms. The molecule has 2 heterocycles. The van der Waals surface area contributed by atoms with Crippen molar-refractivity contribution in [3.63, 3.8) is 0 Å². The zero-order valence-electron chi connectivity index (χ0n) is 12.2. The SMILES string of the molecule is O=C(Nc1ccc(O)cc1)c1cnc(OC2CCOC2)c(Cl)c1. The van der Waals surface area contributed by atoms with E-state index in [-0.39, 0.29) is 22.8 Å². The molecular weight excluding hydrogens is 320 g/mol. The topological polar surface area (TPSA) is 80.7 Å². The molecule has 0 aliphatic carbocycles. The Bertz CT molecular complexity index is 700. The third-order valence-electron chi connectivity index (χ3n) is 3.36. The van der Waals surface area contributed by atoms with Gasteiger partial charge in [-0.15, -0.1) is 0 Å². The van der Waals surface area contributed by atoms with Crippen molar-refractivity contribution < 1.29 is 19.4 Å². The van der Waals surface area contributed by atoms with Gasteiger partial charge in [0, 0.05) is 18.3 Å². The molecule has 120 valence electrons. The molecule has 1 aromatic carbocycles. The third-order valence-corrected chi connectivity index (χ3v) is 3.63. The highest BCUT2D eigenvalue weighted by Crippen LogP contribution is 2.25. The lowest BCUT2D eigenvalue weighted by atomic mass is 10.2. The maximum absolute atomic E-state index is 12.2. The van der Waals surface area contributed by atoms with Gasteiger partial charge < -0.3 is 19.9 Å². The minimum Gasteiger partial charge on any atom is -0.508 e. The van der Waals surface area contributed by atoms with E-state index in [4.69, 9.17) is 21.1 Å². The van der Waals surface area contributed by atoms with Crippen molar-refractivity contribution in [3.05, 3.63) is 47.1 Å². The first-order chi connectivity index (χ1) is 11.1. The normalized spacial score (nSPS) is 17.0. The molecule has 6 nitrogen and oxygen atoms in total.